The molecule has 0 atom stereocenters. The van der Waals surface area contributed by atoms with Gasteiger partial charge in [0, 0.05) is 35.4 Å². The number of amides is 1. The number of nitrogens with zero attached hydrogens (tertiary/aromatic N) is 1. The summed E-state index contributed by atoms with van der Waals surface area (Å²) in [6.07, 6.45) is 0. The predicted molar refractivity (Wildman–Crippen MR) is 94.2 cm³/mol. The van der Waals surface area contributed by atoms with Crippen molar-refractivity contribution >= 4 is 33.2 Å². The van der Waals surface area contributed by atoms with E-state index in [0.29, 0.717) is 18.8 Å². The SMILES string of the molecule is O=C(COc1ccc(Br)cc1)NCCNc1ccc([N+](=O)[O-])cc1. The van der Waals surface area contributed by atoms with Crippen LogP contribution in [0.5, 0.6) is 5.75 Å². The van der Waals surface area contributed by atoms with Crippen LogP contribution in [-0.4, -0.2) is 30.5 Å². The van der Waals surface area contributed by atoms with Crippen LogP contribution in [0.2, 0.25) is 0 Å². The van der Waals surface area contributed by atoms with Gasteiger partial charge in [0.25, 0.3) is 11.6 Å². The summed E-state index contributed by atoms with van der Waals surface area (Å²) in [5.41, 5.74) is 0.792. The zero-order valence-corrected chi connectivity index (χ0v) is 14.3. The molecule has 0 fully saturated rings. The number of benzene rings is 2. The van der Waals surface area contributed by atoms with Gasteiger partial charge in [-0.1, -0.05) is 15.9 Å². The average Bonchev–Trinajstić information content (AvgIpc) is 2.58. The Kier molecular flexibility index (Phi) is 6.56. The number of nitrogens with one attached hydrogen (secondary N) is 2. The van der Waals surface area contributed by atoms with E-state index >= 15 is 0 Å². The van der Waals surface area contributed by atoms with Crippen molar-refractivity contribution in [3.05, 3.63) is 63.1 Å². The number of hydrogen-bond acceptors (Lipinski definition) is 5. The second-order valence-corrected chi connectivity index (χ2v) is 5.74. The molecule has 8 heteroatoms. The first-order valence-corrected chi connectivity index (χ1v) is 7.97. The van der Waals surface area contributed by atoms with Gasteiger partial charge in [-0.15, -0.1) is 0 Å². The van der Waals surface area contributed by atoms with Gasteiger partial charge in [-0.25, -0.2) is 0 Å². The highest BCUT2D eigenvalue weighted by Gasteiger charge is 2.04. The average molecular weight is 394 g/mol. The Bertz CT molecular complexity index is 689. The minimum absolute atomic E-state index is 0.0407. The molecule has 0 aliphatic heterocycles. The maximum absolute atomic E-state index is 11.7. The van der Waals surface area contributed by atoms with Gasteiger partial charge in [-0.2, -0.15) is 0 Å². The van der Waals surface area contributed by atoms with E-state index in [1.54, 1.807) is 24.3 Å². The maximum atomic E-state index is 11.7. The van der Waals surface area contributed by atoms with E-state index in [2.05, 4.69) is 26.6 Å². The summed E-state index contributed by atoms with van der Waals surface area (Å²) in [5.74, 6) is 0.403. The van der Waals surface area contributed by atoms with Crippen molar-refractivity contribution in [2.45, 2.75) is 0 Å². The van der Waals surface area contributed by atoms with Crippen molar-refractivity contribution in [3.8, 4) is 5.75 Å². The minimum atomic E-state index is -0.449. The monoisotopic (exact) mass is 393 g/mol. The Hall–Kier alpha value is -2.61. The third-order valence-corrected chi connectivity index (χ3v) is 3.57. The number of halogens is 1. The van der Waals surface area contributed by atoms with Crippen molar-refractivity contribution < 1.29 is 14.5 Å². The van der Waals surface area contributed by atoms with Crippen LogP contribution in [0.4, 0.5) is 11.4 Å². The fourth-order valence-corrected chi connectivity index (χ4v) is 2.10. The Morgan fingerprint density at radius 2 is 1.75 bits per heavy atom. The standard InChI is InChI=1S/C16H16BrN3O4/c17-12-1-7-15(8-2-12)24-11-16(21)19-10-9-18-13-3-5-14(6-4-13)20(22)23/h1-8,18H,9-11H2,(H,19,21). The van der Waals surface area contributed by atoms with Crippen molar-refractivity contribution in [1.82, 2.24) is 5.32 Å². The summed E-state index contributed by atoms with van der Waals surface area (Å²) >= 11 is 3.32. The van der Waals surface area contributed by atoms with Crippen LogP contribution in [0.15, 0.2) is 53.0 Å². The lowest BCUT2D eigenvalue weighted by Crippen LogP contribution is -2.32. The molecule has 126 valence electrons. The number of non-ortho nitro benzene ring substituents is 1. The molecule has 0 radical (unpaired) electrons. The number of carbonyl (C=O) groups is 1. The molecule has 0 saturated carbocycles. The predicted octanol–water partition coefficient (Wildman–Crippen LogP) is 2.96. The molecule has 0 unspecified atom stereocenters. The number of ether oxygens (including phenoxy) is 1. The molecule has 0 aliphatic rings. The molecular formula is C16H16BrN3O4. The lowest BCUT2D eigenvalue weighted by molar-refractivity contribution is -0.384. The molecule has 2 rings (SSSR count). The third kappa shape index (κ3) is 5.88. The van der Waals surface area contributed by atoms with Crippen LogP contribution in [-0.2, 0) is 4.79 Å². The highest BCUT2D eigenvalue weighted by molar-refractivity contribution is 9.10. The van der Waals surface area contributed by atoms with E-state index in [9.17, 15) is 14.9 Å². The molecular weight excluding hydrogens is 378 g/mol. The maximum Gasteiger partial charge on any atom is 0.269 e. The minimum Gasteiger partial charge on any atom is -0.484 e. The van der Waals surface area contributed by atoms with Crippen LogP contribution in [0.3, 0.4) is 0 Å². The van der Waals surface area contributed by atoms with Gasteiger partial charge in [0.05, 0.1) is 4.92 Å². The van der Waals surface area contributed by atoms with Gasteiger partial charge >= 0.3 is 0 Å². The van der Waals surface area contributed by atoms with Gasteiger partial charge in [0.2, 0.25) is 0 Å². The number of carbonyl (C=O) groups excluding carboxylic acids is 1. The van der Waals surface area contributed by atoms with E-state index in [1.807, 2.05) is 12.1 Å². The summed E-state index contributed by atoms with van der Waals surface area (Å²) in [4.78, 5) is 21.8. The fourth-order valence-electron chi connectivity index (χ4n) is 1.84. The molecule has 2 aromatic carbocycles. The van der Waals surface area contributed by atoms with Gasteiger partial charge < -0.3 is 15.4 Å². The number of nitro groups is 1. The molecule has 0 saturated heterocycles. The molecule has 2 aromatic rings. The van der Waals surface area contributed by atoms with Crippen molar-refractivity contribution in [2.24, 2.45) is 0 Å². The summed E-state index contributed by atoms with van der Waals surface area (Å²) in [6, 6.07) is 13.3. The van der Waals surface area contributed by atoms with Gasteiger partial charge in [-0.05, 0) is 36.4 Å². The van der Waals surface area contributed by atoms with E-state index in [1.165, 1.54) is 12.1 Å². The lowest BCUT2D eigenvalue weighted by atomic mass is 10.3. The number of anilines is 1. The summed E-state index contributed by atoms with van der Waals surface area (Å²) in [5, 5.41) is 16.3. The smallest absolute Gasteiger partial charge is 0.269 e. The molecule has 1 amide bonds. The Morgan fingerprint density at radius 1 is 1.08 bits per heavy atom. The van der Waals surface area contributed by atoms with Crippen molar-refractivity contribution in [3.63, 3.8) is 0 Å². The highest BCUT2D eigenvalue weighted by Crippen LogP contribution is 2.16. The van der Waals surface area contributed by atoms with E-state index in [0.717, 1.165) is 10.2 Å². The Labute approximate surface area is 147 Å². The molecule has 0 aromatic heterocycles. The molecule has 0 spiro atoms. The van der Waals surface area contributed by atoms with Crippen molar-refractivity contribution in [1.29, 1.82) is 0 Å². The van der Waals surface area contributed by atoms with Crippen LogP contribution in [0, 0.1) is 10.1 Å². The summed E-state index contributed by atoms with van der Waals surface area (Å²) < 4.78 is 6.30. The lowest BCUT2D eigenvalue weighted by Gasteiger charge is -2.09. The van der Waals surface area contributed by atoms with Gasteiger partial charge in [0.1, 0.15) is 5.75 Å². The molecule has 0 heterocycles. The van der Waals surface area contributed by atoms with E-state index in [4.69, 9.17) is 4.74 Å². The van der Waals surface area contributed by atoms with Gasteiger partial charge in [-0.3, -0.25) is 14.9 Å². The van der Waals surface area contributed by atoms with Crippen LogP contribution >= 0.6 is 15.9 Å². The second kappa shape index (κ2) is 8.88. The zero-order chi connectivity index (χ0) is 17.4. The highest BCUT2D eigenvalue weighted by atomic mass is 79.9. The molecule has 0 aliphatic carbocycles. The van der Waals surface area contributed by atoms with Crippen LogP contribution in [0.25, 0.3) is 0 Å². The first-order chi connectivity index (χ1) is 11.5. The number of hydrogen-bond donors (Lipinski definition) is 2. The summed E-state index contributed by atoms with van der Waals surface area (Å²) in [7, 11) is 0. The quantitative estimate of drug-likeness (QED) is 0.408. The molecule has 0 bridgehead atoms. The third-order valence-electron chi connectivity index (χ3n) is 3.04. The van der Waals surface area contributed by atoms with Gasteiger partial charge in [0.15, 0.2) is 6.61 Å². The molecule has 2 N–H and O–H groups in total. The largest absolute Gasteiger partial charge is 0.484 e. The Balaban J connectivity index is 1.63. The first-order valence-electron chi connectivity index (χ1n) is 7.18. The Morgan fingerprint density at radius 3 is 2.38 bits per heavy atom. The van der Waals surface area contributed by atoms with E-state index in [-0.39, 0.29) is 18.2 Å². The molecule has 7 nitrogen and oxygen atoms in total. The number of rotatable bonds is 8. The topological polar surface area (TPSA) is 93.5 Å². The van der Waals surface area contributed by atoms with Crippen molar-refractivity contribution in [2.75, 3.05) is 25.0 Å². The second-order valence-electron chi connectivity index (χ2n) is 4.82. The van der Waals surface area contributed by atoms with Crippen LogP contribution < -0.4 is 15.4 Å². The number of nitro benzene ring substituents is 1. The fraction of sp³-hybridized carbons (Fsp3) is 0.188. The normalized spacial score (nSPS) is 10.0. The zero-order valence-electron chi connectivity index (χ0n) is 12.7. The van der Waals surface area contributed by atoms with Crippen LogP contribution in [0.1, 0.15) is 0 Å². The first kappa shape index (κ1) is 17.7. The molecule has 24 heavy (non-hydrogen) atoms. The summed E-state index contributed by atoms with van der Waals surface area (Å²) in [6.45, 7) is 0.862. The van der Waals surface area contributed by atoms with E-state index < -0.39 is 4.92 Å².